The van der Waals surface area contributed by atoms with E-state index in [1.54, 1.807) is 6.20 Å². The zero-order valence-corrected chi connectivity index (χ0v) is 14.9. The lowest BCUT2D eigenvalue weighted by atomic mass is 10.1. The topological polar surface area (TPSA) is 234 Å². The Morgan fingerprint density at radius 1 is 1.11 bits per heavy atom. The van der Waals surface area contributed by atoms with Crippen LogP contribution in [-0.2, 0) is 25.5 Å². The first-order chi connectivity index (χ1) is 12.7. The molecule has 0 aliphatic heterocycles. The molecule has 3 atom stereocenters. The Labute approximate surface area is 156 Å². The molecule has 0 amide bonds. The van der Waals surface area contributed by atoms with Crippen molar-refractivity contribution in [2.45, 2.75) is 43.8 Å². The number of aliphatic hydroxyl groups excluding tert-OH is 1. The minimum atomic E-state index is -1.18. The van der Waals surface area contributed by atoms with Crippen molar-refractivity contribution in [3.05, 3.63) is 18.2 Å². The number of esters is 2. The summed E-state index contributed by atoms with van der Waals surface area (Å²) in [5.41, 5.74) is 22.0. The highest BCUT2D eigenvalue weighted by Gasteiger charge is 2.23. The molecule has 0 saturated carbocycles. The van der Waals surface area contributed by atoms with Gasteiger partial charge in [-0.05, 0) is 19.4 Å². The highest BCUT2D eigenvalue weighted by atomic mass is 16.6. The lowest BCUT2D eigenvalue weighted by molar-refractivity contribution is -0.161. The van der Waals surface area contributed by atoms with E-state index in [9.17, 15) is 14.4 Å². The Kier molecular flexibility index (Phi) is 12.6. The zero-order valence-electron chi connectivity index (χ0n) is 14.9. The molecular formula is C15H28N6O6. The fourth-order valence-corrected chi connectivity index (χ4v) is 1.67. The number of imidazole rings is 1. The van der Waals surface area contributed by atoms with Crippen LogP contribution in [0.1, 0.15) is 25.0 Å². The quantitative estimate of drug-likeness (QED) is 0.123. The molecule has 11 N–H and O–H groups in total. The molecule has 27 heavy (non-hydrogen) atoms. The fraction of sp³-hybridized carbons (Fsp3) is 0.600. The predicted molar refractivity (Wildman–Crippen MR) is 94.9 cm³/mol. The van der Waals surface area contributed by atoms with Crippen molar-refractivity contribution in [3.8, 4) is 0 Å². The predicted octanol–water partition coefficient (Wildman–Crippen LogP) is -2.80. The fourth-order valence-electron chi connectivity index (χ4n) is 1.67. The second-order valence-corrected chi connectivity index (χ2v) is 5.63. The number of nitrogens with one attached hydrogen (secondary N) is 1. The highest BCUT2D eigenvalue weighted by Crippen LogP contribution is 2.03. The second-order valence-electron chi connectivity index (χ2n) is 5.63. The van der Waals surface area contributed by atoms with Gasteiger partial charge in [-0.15, -0.1) is 0 Å². The molecule has 0 radical (unpaired) electrons. The van der Waals surface area contributed by atoms with Crippen LogP contribution in [0.2, 0.25) is 0 Å². The van der Waals surface area contributed by atoms with Crippen molar-refractivity contribution in [1.29, 1.82) is 0 Å². The summed E-state index contributed by atoms with van der Waals surface area (Å²) in [5.74, 6) is -2.74. The maximum absolute atomic E-state index is 11.6. The van der Waals surface area contributed by atoms with Crippen molar-refractivity contribution in [2.24, 2.45) is 22.9 Å². The average Bonchev–Trinajstić information content (AvgIpc) is 3.14. The number of carboxylic acid groups (broad SMARTS) is 1. The summed E-state index contributed by atoms with van der Waals surface area (Å²) in [7, 11) is 0. The Morgan fingerprint density at radius 3 is 2.19 bits per heavy atom. The number of hydrogen-bond acceptors (Lipinski definition) is 10. The van der Waals surface area contributed by atoms with Crippen molar-refractivity contribution in [2.75, 3.05) is 13.2 Å². The molecule has 0 saturated heterocycles. The largest absolute Gasteiger partial charge is 0.480 e. The molecule has 12 nitrogen and oxygen atoms in total. The number of ether oxygens (including phenoxy) is 1. The molecule has 154 valence electrons. The Bertz CT molecular complexity index is 567. The van der Waals surface area contributed by atoms with E-state index in [0.29, 0.717) is 25.1 Å². The van der Waals surface area contributed by atoms with Crippen LogP contribution in [0, 0.1) is 0 Å². The van der Waals surface area contributed by atoms with Gasteiger partial charge >= 0.3 is 17.9 Å². The maximum Gasteiger partial charge on any atom is 0.330 e. The van der Waals surface area contributed by atoms with Gasteiger partial charge < -0.3 is 42.9 Å². The molecule has 1 aromatic rings. The molecule has 0 spiro atoms. The van der Waals surface area contributed by atoms with Crippen LogP contribution in [0.5, 0.6) is 0 Å². The Morgan fingerprint density at radius 2 is 1.74 bits per heavy atom. The smallest absolute Gasteiger partial charge is 0.330 e. The third-order valence-corrected chi connectivity index (χ3v) is 3.27. The van der Waals surface area contributed by atoms with E-state index in [1.807, 2.05) is 0 Å². The van der Waals surface area contributed by atoms with Gasteiger partial charge in [0, 0.05) is 12.6 Å². The van der Waals surface area contributed by atoms with E-state index in [4.69, 9.17) is 33.1 Å². The number of aliphatic hydroxyl groups is 1. The first-order valence-electron chi connectivity index (χ1n) is 8.26. The second kappa shape index (κ2) is 13.8. The highest BCUT2D eigenvalue weighted by molar-refractivity contribution is 5.90. The lowest BCUT2D eigenvalue weighted by Crippen LogP contribution is -2.40. The Balaban J connectivity index is 0.000000821. The first-order valence-corrected chi connectivity index (χ1v) is 8.26. The van der Waals surface area contributed by atoms with Crippen molar-refractivity contribution >= 4 is 17.9 Å². The van der Waals surface area contributed by atoms with Gasteiger partial charge in [-0.25, -0.2) is 14.6 Å². The third kappa shape index (κ3) is 11.0. The number of hydrogen-bond donors (Lipinski definition) is 7. The number of carboxylic acids is 1. The van der Waals surface area contributed by atoms with Gasteiger partial charge in [0.15, 0.2) is 0 Å². The molecule has 0 fully saturated rings. The van der Waals surface area contributed by atoms with Crippen LogP contribution >= 0.6 is 0 Å². The maximum atomic E-state index is 11.6. The monoisotopic (exact) mass is 388 g/mol. The van der Waals surface area contributed by atoms with Crippen LogP contribution in [0.3, 0.4) is 0 Å². The van der Waals surface area contributed by atoms with E-state index in [2.05, 4.69) is 14.7 Å². The standard InChI is InChI=1S/C12H21N5O3.C3H7NO3/c13-4-2-1-3-9(14)11(18)20-12(19)10(15)5-8-6-16-7-17-8;4-2(1-5)3(6)7/h6-7,9-10H,1-5,13-15H2,(H,16,17);2,5H,1,4H2,(H,6,7)/t9-,10-;2-/m01/s1. The van der Waals surface area contributed by atoms with E-state index in [-0.39, 0.29) is 6.42 Å². The first kappa shape index (κ1) is 24.6. The van der Waals surface area contributed by atoms with E-state index < -0.39 is 42.6 Å². The van der Waals surface area contributed by atoms with Crippen LogP contribution < -0.4 is 22.9 Å². The van der Waals surface area contributed by atoms with Crippen LogP contribution in [0.15, 0.2) is 12.5 Å². The molecule has 12 heteroatoms. The molecule has 0 aliphatic rings. The van der Waals surface area contributed by atoms with Crippen LogP contribution in [0.25, 0.3) is 0 Å². The summed E-state index contributed by atoms with van der Waals surface area (Å²) in [6.45, 7) is 0.0323. The summed E-state index contributed by atoms with van der Waals surface area (Å²) in [5, 5.41) is 15.9. The Hall–Kier alpha value is -2.38. The molecule has 0 bridgehead atoms. The van der Waals surface area contributed by atoms with Gasteiger partial charge in [-0.1, -0.05) is 6.42 Å². The van der Waals surface area contributed by atoms with Gasteiger partial charge in [0.1, 0.15) is 18.1 Å². The van der Waals surface area contributed by atoms with Crippen LogP contribution in [-0.4, -0.2) is 69.4 Å². The zero-order chi connectivity index (χ0) is 20.8. The van der Waals surface area contributed by atoms with E-state index >= 15 is 0 Å². The van der Waals surface area contributed by atoms with Gasteiger partial charge in [0.25, 0.3) is 0 Å². The summed E-state index contributed by atoms with van der Waals surface area (Å²) in [6.07, 6.45) is 5.20. The third-order valence-electron chi connectivity index (χ3n) is 3.27. The molecule has 1 aromatic heterocycles. The van der Waals surface area contributed by atoms with Crippen molar-refractivity contribution < 1.29 is 29.3 Å². The molecule has 1 rings (SSSR count). The van der Waals surface area contributed by atoms with Gasteiger partial charge in [-0.3, -0.25) is 4.79 Å². The van der Waals surface area contributed by atoms with E-state index in [0.717, 1.165) is 6.42 Å². The van der Waals surface area contributed by atoms with Gasteiger partial charge in [0.2, 0.25) is 0 Å². The minimum Gasteiger partial charge on any atom is -0.480 e. The number of carbonyl (C=O) groups excluding carboxylic acids is 2. The van der Waals surface area contributed by atoms with E-state index in [1.165, 1.54) is 6.33 Å². The van der Waals surface area contributed by atoms with Crippen molar-refractivity contribution in [1.82, 2.24) is 9.97 Å². The molecule has 0 aromatic carbocycles. The summed E-state index contributed by atoms with van der Waals surface area (Å²) >= 11 is 0. The lowest BCUT2D eigenvalue weighted by Gasteiger charge is -2.12. The number of unbranched alkanes of at least 4 members (excludes halogenated alkanes) is 1. The minimum absolute atomic E-state index is 0.192. The number of rotatable bonds is 10. The average molecular weight is 388 g/mol. The number of H-pyrrole nitrogens is 1. The van der Waals surface area contributed by atoms with Crippen LogP contribution in [0.4, 0.5) is 0 Å². The van der Waals surface area contributed by atoms with Gasteiger partial charge in [-0.2, -0.15) is 0 Å². The molecule has 0 aliphatic carbocycles. The number of aromatic amines is 1. The van der Waals surface area contributed by atoms with Gasteiger partial charge in [0.05, 0.1) is 18.6 Å². The van der Waals surface area contributed by atoms with Crippen molar-refractivity contribution in [3.63, 3.8) is 0 Å². The molecular weight excluding hydrogens is 360 g/mol. The molecule has 0 unspecified atom stereocenters. The summed E-state index contributed by atoms with van der Waals surface area (Å²) in [4.78, 5) is 39.5. The molecule has 1 heterocycles. The number of nitrogens with two attached hydrogens (primary N) is 4. The normalized spacial score (nSPS) is 13.7. The number of nitrogens with zero attached hydrogens (tertiary/aromatic N) is 1. The summed E-state index contributed by atoms with van der Waals surface area (Å²) in [6, 6.07) is -2.90. The number of carbonyl (C=O) groups is 3. The SMILES string of the molecule is NCCCC[C@H](N)C(=O)OC(=O)[C@@H](N)Cc1c[nH]cn1.N[C@H](CO)C(=O)O. The number of aliphatic carboxylic acids is 1. The summed E-state index contributed by atoms with van der Waals surface area (Å²) < 4.78 is 4.66. The number of aromatic nitrogens is 2.